The fraction of sp³-hybridized carbons (Fsp3) is 1.00. The van der Waals surface area contributed by atoms with E-state index >= 15 is 0 Å². The fourth-order valence-electron chi connectivity index (χ4n) is 2.52. The molecule has 0 aromatic rings. The van der Waals surface area contributed by atoms with Gasteiger partial charge < -0.3 is 10.1 Å². The van der Waals surface area contributed by atoms with Crippen molar-refractivity contribution in [3.63, 3.8) is 0 Å². The Bertz CT molecular complexity index is 197. The second kappa shape index (κ2) is 5.53. The molecular weight excluding hydrogens is 208 g/mol. The zero-order valence-corrected chi connectivity index (χ0v) is 10.6. The lowest BCUT2D eigenvalue weighted by molar-refractivity contribution is 0.0812. The number of rotatable bonds is 3. The highest BCUT2D eigenvalue weighted by Gasteiger charge is 2.29. The summed E-state index contributed by atoms with van der Waals surface area (Å²) < 4.78 is 5.61. The van der Waals surface area contributed by atoms with E-state index in [1.807, 2.05) is 0 Å². The average molecular weight is 230 g/mol. The molecule has 1 N–H and O–H groups in total. The molecule has 3 nitrogen and oxygen atoms in total. The SMILES string of the molecule is CC1OCCC1N(C)CC1CSCCN1. The summed E-state index contributed by atoms with van der Waals surface area (Å²) in [6.07, 6.45) is 1.60. The average Bonchev–Trinajstić information content (AvgIpc) is 2.66. The monoisotopic (exact) mass is 230 g/mol. The van der Waals surface area contributed by atoms with Gasteiger partial charge in [-0.2, -0.15) is 11.8 Å². The molecule has 0 aromatic heterocycles. The molecule has 2 aliphatic heterocycles. The van der Waals surface area contributed by atoms with Crippen molar-refractivity contribution in [3.05, 3.63) is 0 Å². The van der Waals surface area contributed by atoms with Gasteiger partial charge in [0.1, 0.15) is 0 Å². The van der Waals surface area contributed by atoms with Crippen molar-refractivity contribution >= 4 is 11.8 Å². The molecule has 88 valence electrons. The third-order valence-corrected chi connectivity index (χ3v) is 4.54. The van der Waals surface area contributed by atoms with Gasteiger partial charge in [-0.3, -0.25) is 4.90 Å². The van der Waals surface area contributed by atoms with Crippen LogP contribution >= 0.6 is 11.8 Å². The first-order valence-electron chi connectivity index (χ1n) is 5.90. The van der Waals surface area contributed by atoms with Crippen molar-refractivity contribution in [3.8, 4) is 0 Å². The highest BCUT2D eigenvalue weighted by Crippen LogP contribution is 2.19. The summed E-state index contributed by atoms with van der Waals surface area (Å²) in [6.45, 7) is 5.45. The zero-order chi connectivity index (χ0) is 10.7. The first-order valence-corrected chi connectivity index (χ1v) is 7.06. The maximum atomic E-state index is 5.61. The number of nitrogens with one attached hydrogen (secondary N) is 1. The summed E-state index contributed by atoms with van der Waals surface area (Å²) in [6, 6.07) is 1.29. The molecule has 2 saturated heterocycles. The van der Waals surface area contributed by atoms with E-state index in [1.165, 1.54) is 24.5 Å². The molecule has 2 heterocycles. The van der Waals surface area contributed by atoms with E-state index in [4.69, 9.17) is 4.74 Å². The Morgan fingerprint density at radius 3 is 3.00 bits per heavy atom. The Labute approximate surface area is 96.9 Å². The molecule has 4 heteroatoms. The van der Waals surface area contributed by atoms with Crippen LogP contribution in [0.2, 0.25) is 0 Å². The smallest absolute Gasteiger partial charge is 0.0702 e. The van der Waals surface area contributed by atoms with Crippen molar-refractivity contribution in [1.29, 1.82) is 0 Å². The van der Waals surface area contributed by atoms with E-state index in [9.17, 15) is 0 Å². The van der Waals surface area contributed by atoms with Gasteiger partial charge in [-0.25, -0.2) is 0 Å². The van der Waals surface area contributed by atoms with Crippen molar-refractivity contribution in [2.24, 2.45) is 0 Å². The number of nitrogens with zero attached hydrogens (tertiary/aromatic N) is 1. The number of likely N-dealkylation sites (N-methyl/N-ethyl adjacent to an activating group) is 1. The van der Waals surface area contributed by atoms with Crippen LogP contribution in [0.15, 0.2) is 0 Å². The van der Waals surface area contributed by atoms with Crippen molar-refractivity contribution in [1.82, 2.24) is 10.2 Å². The molecule has 0 aliphatic carbocycles. The van der Waals surface area contributed by atoms with Gasteiger partial charge in [0, 0.05) is 43.3 Å². The normalized spacial score (nSPS) is 37.4. The Morgan fingerprint density at radius 2 is 2.40 bits per heavy atom. The van der Waals surface area contributed by atoms with Crippen LogP contribution in [0.5, 0.6) is 0 Å². The summed E-state index contributed by atoms with van der Waals surface area (Å²) in [7, 11) is 2.23. The summed E-state index contributed by atoms with van der Waals surface area (Å²) in [5.74, 6) is 2.52. The van der Waals surface area contributed by atoms with Gasteiger partial charge in [-0.15, -0.1) is 0 Å². The Kier molecular flexibility index (Phi) is 4.31. The van der Waals surface area contributed by atoms with Crippen LogP contribution in [-0.2, 0) is 4.74 Å². The van der Waals surface area contributed by atoms with Gasteiger partial charge in [-0.1, -0.05) is 0 Å². The fourth-order valence-corrected chi connectivity index (χ4v) is 3.46. The molecule has 0 aromatic carbocycles. The molecule has 3 unspecified atom stereocenters. The molecule has 0 radical (unpaired) electrons. The third-order valence-electron chi connectivity index (χ3n) is 3.41. The lowest BCUT2D eigenvalue weighted by atomic mass is 10.1. The Morgan fingerprint density at radius 1 is 1.53 bits per heavy atom. The highest BCUT2D eigenvalue weighted by molar-refractivity contribution is 7.99. The lowest BCUT2D eigenvalue weighted by Gasteiger charge is -2.32. The van der Waals surface area contributed by atoms with E-state index in [2.05, 4.69) is 35.9 Å². The third kappa shape index (κ3) is 3.09. The van der Waals surface area contributed by atoms with Gasteiger partial charge >= 0.3 is 0 Å². The minimum Gasteiger partial charge on any atom is -0.377 e. The van der Waals surface area contributed by atoms with Crippen LogP contribution in [0.3, 0.4) is 0 Å². The summed E-state index contributed by atoms with van der Waals surface area (Å²) in [5, 5.41) is 3.58. The minimum absolute atomic E-state index is 0.409. The highest BCUT2D eigenvalue weighted by atomic mass is 32.2. The number of ether oxygens (including phenoxy) is 1. The van der Waals surface area contributed by atoms with Gasteiger partial charge in [0.25, 0.3) is 0 Å². The predicted octanol–water partition coefficient (Wildman–Crippen LogP) is 0.801. The van der Waals surface area contributed by atoms with E-state index in [0.29, 0.717) is 18.2 Å². The van der Waals surface area contributed by atoms with E-state index in [0.717, 1.165) is 13.2 Å². The topological polar surface area (TPSA) is 24.5 Å². The van der Waals surface area contributed by atoms with Gasteiger partial charge in [-0.05, 0) is 20.4 Å². The molecular formula is C11H22N2OS. The van der Waals surface area contributed by atoms with Gasteiger partial charge in [0.15, 0.2) is 0 Å². The van der Waals surface area contributed by atoms with Crippen LogP contribution in [0.4, 0.5) is 0 Å². The molecule has 15 heavy (non-hydrogen) atoms. The minimum atomic E-state index is 0.409. The van der Waals surface area contributed by atoms with E-state index in [-0.39, 0.29) is 0 Å². The molecule has 2 rings (SSSR count). The van der Waals surface area contributed by atoms with Crippen molar-refractivity contribution < 1.29 is 4.74 Å². The van der Waals surface area contributed by atoms with Crippen LogP contribution < -0.4 is 5.32 Å². The molecule has 0 bridgehead atoms. The number of thioether (sulfide) groups is 1. The van der Waals surface area contributed by atoms with Crippen molar-refractivity contribution in [2.75, 3.05) is 38.2 Å². The Hall–Kier alpha value is 0.230. The van der Waals surface area contributed by atoms with Gasteiger partial charge in [0.2, 0.25) is 0 Å². The van der Waals surface area contributed by atoms with Gasteiger partial charge in [0.05, 0.1) is 6.10 Å². The lowest BCUT2D eigenvalue weighted by Crippen LogP contribution is -2.48. The number of hydrogen-bond donors (Lipinski definition) is 1. The molecule has 2 fully saturated rings. The summed E-state index contributed by atoms with van der Waals surface area (Å²) >= 11 is 2.07. The van der Waals surface area contributed by atoms with Crippen LogP contribution in [0, 0.1) is 0 Å². The largest absolute Gasteiger partial charge is 0.377 e. The predicted molar refractivity (Wildman–Crippen MR) is 65.6 cm³/mol. The van der Waals surface area contributed by atoms with E-state index in [1.54, 1.807) is 0 Å². The second-order valence-corrected chi connectivity index (χ2v) is 5.75. The first kappa shape index (κ1) is 11.7. The molecule has 0 saturated carbocycles. The molecule has 0 amide bonds. The molecule has 3 atom stereocenters. The molecule has 0 spiro atoms. The first-order chi connectivity index (χ1) is 7.27. The standard InChI is InChI=1S/C11H22N2OS/c1-9-11(3-5-14-9)13(2)7-10-8-15-6-4-12-10/h9-12H,3-8H2,1-2H3. The summed E-state index contributed by atoms with van der Waals surface area (Å²) in [4.78, 5) is 2.47. The van der Waals surface area contributed by atoms with E-state index < -0.39 is 0 Å². The van der Waals surface area contributed by atoms with Crippen LogP contribution in [-0.4, -0.2) is 61.3 Å². The zero-order valence-electron chi connectivity index (χ0n) is 9.74. The maximum absolute atomic E-state index is 5.61. The number of hydrogen-bond acceptors (Lipinski definition) is 4. The van der Waals surface area contributed by atoms with Crippen LogP contribution in [0.25, 0.3) is 0 Å². The van der Waals surface area contributed by atoms with Crippen LogP contribution in [0.1, 0.15) is 13.3 Å². The second-order valence-electron chi connectivity index (χ2n) is 4.60. The maximum Gasteiger partial charge on any atom is 0.0702 e. The Balaban J connectivity index is 1.77. The molecule has 2 aliphatic rings. The summed E-state index contributed by atoms with van der Waals surface area (Å²) in [5.41, 5.74) is 0. The quantitative estimate of drug-likeness (QED) is 0.775. The van der Waals surface area contributed by atoms with Crippen molar-refractivity contribution in [2.45, 2.75) is 31.5 Å².